The molecular weight excluding hydrogens is 340 g/mol. The van der Waals surface area contributed by atoms with E-state index in [0.29, 0.717) is 33.9 Å². The van der Waals surface area contributed by atoms with Crippen molar-refractivity contribution in [2.75, 3.05) is 0 Å². The van der Waals surface area contributed by atoms with E-state index in [4.69, 9.17) is 0 Å². The van der Waals surface area contributed by atoms with Gasteiger partial charge in [-0.3, -0.25) is 9.98 Å². The molecule has 5 heteroatoms. The molecule has 0 unspecified atom stereocenters. The third-order valence-corrected chi connectivity index (χ3v) is 4.12. The van der Waals surface area contributed by atoms with Crippen LogP contribution in [0.1, 0.15) is 25.0 Å². The number of hydrogen-bond donors (Lipinski definition) is 3. The largest absolute Gasteiger partial charge is 0.508 e. The number of nitrogens with zero attached hydrogens (tertiary/aromatic N) is 2. The second-order valence-electron chi connectivity index (χ2n) is 6.10. The minimum absolute atomic E-state index is 0.00709. The van der Waals surface area contributed by atoms with Crippen LogP contribution in [0.15, 0.2) is 76.7 Å². The summed E-state index contributed by atoms with van der Waals surface area (Å²) < 4.78 is 0. The highest BCUT2D eigenvalue weighted by atomic mass is 16.3. The molecule has 3 aromatic rings. The SMILES string of the molecule is CC(=Nc1ccccc1N=C(C)c1ccc(O)cc1O)c1ccccc1O. The Morgan fingerprint density at radius 3 is 1.70 bits per heavy atom. The molecule has 5 nitrogen and oxygen atoms in total. The van der Waals surface area contributed by atoms with Crippen LogP contribution in [0, 0.1) is 0 Å². The van der Waals surface area contributed by atoms with Gasteiger partial charge in [0.15, 0.2) is 0 Å². The Morgan fingerprint density at radius 1 is 0.630 bits per heavy atom. The summed E-state index contributed by atoms with van der Waals surface area (Å²) in [6, 6.07) is 18.8. The summed E-state index contributed by atoms with van der Waals surface area (Å²) in [5, 5.41) is 29.5. The molecule has 0 radical (unpaired) electrons. The van der Waals surface area contributed by atoms with Gasteiger partial charge in [0.25, 0.3) is 0 Å². The number of aromatic hydroxyl groups is 3. The number of phenolic OH excluding ortho intramolecular Hbond substituents is 3. The van der Waals surface area contributed by atoms with Crippen LogP contribution in [0.25, 0.3) is 0 Å². The Hall–Kier alpha value is -3.60. The van der Waals surface area contributed by atoms with Crippen molar-refractivity contribution in [3.05, 3.63) is 77.9 Å². The van der Waals surface area contributed by atoms with E-state index in [-0.39, 0.29) is 17.2 Å². The van der Waals surface area contributed by atoms with E-state index in [0.717, 1.165) is 0 Å². The molecule has 0 aliphatic heterocycles. The van der Waals surface area contributed by atoms with E-state index in [1.165, 1.54) is 12.1 Å². The molecule has 0 aliphatic carbocycles. The molecule has 0 saturated carbocycles. The summed E-state index contributed by atoms with van der Waals surface area (Å²) in [5.74, 6) is 0.125. The smallest absolute Gasteiger partial charge is 0.128 e. The molecule has 0 atom stereocenters. The summed E-state index contributed by atoms with van der Waals surface area (Å²) in [6.07, 6.45) is 0. The fourth-order valence-corrected chi connectivity index (χ4v) is 2.74. The molecule has 0 bridgehead atoms. The van der Waals surface area contributed by atoms with Gasteiger partial charge in [-0.25, -0.2) is 0 Å². The predicted molar refractivity (Wildman–Crippen MR) is 108 cm³/mol. The molecule has 0 aromatic heterocycles. The third kappa shape index (κ3) is 4.15. The summed E-state index contributed by atoms with van der Waals surface area (Å²) >= 11 is 0. The summed E-state index contributed by atoms with van der Waals surface area (Å²) in [5.41, 5.74) is 3.73. The van der Waals surface area contributed by atoms with Crippen LogP contribution >= 0.6 is 0 Å². The third-order valence-electron chi connectivity index (χ3n) is 4.12. The maximum atomic E-state index is 10.0. The zero-order valence-corrected chi connectivity index (χ0v) is 15.1. The second-order valence-corrected chi connectivity index (χ2v) is 6.10. The molecule has 0 amide bonds. The molecular formula is C22H20N2O3. The molecule has 0 saturated heterocycles. The molecule has 136 valence electrons. The second kappa shape index (κ2) is 7.74. The number of aliphatic imine (C=N–C) groups is 2. The lowest BCUT2D eigenvalue weighted by Crippen LogP contribution is -1.95. The van der Waals surface area contributed by atoms with E-state index >= 15 is 0 Å². The maximum absolute atomic E-state index is 10.0. The molecule has 3 aromatic carbocycles. The number of benzene rings is 3. The minimum Gasteiger partial charge on any atom is -0.508 e. The van der Waals surface area contributed by atoms with E-state index in [2.05, 4.69) is 9.98 Å². The van der Waals surface area contributed by atoms with Gasteiger partial charge in [0.1, 0.15) is 17.2 Å². The lowest BCUT2D eigenvalue weighted by atomic mass is 10.1. The monoisotopic (exact) mass is 360 g/mol. The molecule has 0 spiro atoms. The molecule has 3 rings (SSSR count). The molecule has 0 fully saturated rings. The Morgan fingerprint density at radius 2 is 1.15 bits per heavy atom. The first-order chi connectivity index (χ1) is 13.0. The van der Waals surface area contributed by atoms with Gasteiger partial charge in [0.2, 0.25) is 0 Å². The van der Waals surface area contributed by atoms with Crippen LogP contribution in [0.5, 0.6) is 17.2 Å². The summed E-state index contributed by atoms with van der Waals surface area (Å²) in [4.78, 5) is 9.21. The van der Waals surface area contributed by atoms with Crippen molar-refractivity contribution in [3.8, 4) is 17.2 Å². The Bertz CT molecular complexity index is 1040. The highest BCUT2D eigenvalue weighted by Gasteiger charge is 2.09. The van der Waals surface area contributed by atoms with Crippen molar-refractivity contribution in [3.63, 3.8) is 0 Å². The fourth-order valence-electron chi connectivity index (χ4n) is 2.74. The Kier molecular flexibility index (Phi) is 5.22. The van der Waals surface area contributed by atoms with Gasteiger partial charge in [-0.15, -0.1) is 0 Å². The lowest BCUT2D eigenvalue weighted by Gasteiger charge is -2.08. The van der Waals surface area contributed by atoms with Crippen LogP contribution in [-0.2, 0) is 0 Å². The number of para-hydroxylation sites is 3. The maximum Gasteiger partial charge on any atom is 0.128 e. The van der Waals surface area contributed by atoms with Crippen molar-refractivity contribution in [1.82, 2.24) is 0 Å². The minimum atomic E-state index is -0.0392. The van der Waals surface area contributed by atoms with Crippen LogP contribution in [0.2, 0.25) is 0 Å². The Labute approximate surface area is 157 Å². The first-order valence-electron chi connectivity index (χ1n) is 8.46. The Balaban J connectivity index is 2.01. The van der Waals surface area contributed by atoms with Gasteiger partial charge in [0.05, 0.1) is 11.4 Å². The number of rotatable bonds is 4. The first-order valence-corrected chi connectivity index (χ1v) is 8.46. The quantitative estimate of drug-likeness (QED) is 0.567. The topological polar surface area (TPSA) is 85.4 Å². The molecule has 3 N–H and O–H groups in total. The lowest BCUT2D eigenvalue weighted by molar-refractivity contribution is 0.450. The number of hydrogen-bond acceptors (Lipinski definition) is 5. The van der Waals surface area contributed by atoms with Gasteiger partial charge in [-0.2, -0.15) is 0 Å². The van der Waals surface area contributed by atoms with Crippen molar-refractivity contribution in [1.29, 1.82) is 0 Å². The summed E-state index contributed by atoms with van der Waals surface area (Å²) in [7, 11) is 0. The summed E-state index contributed by atoms with van der Waals surface area (Å²) in [6.45, 7) is 3.61. The molecule has 27 heavy (non-hydrogen) atoms. The van der Waals surface area contributed by atoms with Crippen molar-refractivity contribution in [2.45, 2.75) is 13.8 Å². The first kappa shape index (κ1) is 18.2. The zero-order valence-electron chi connectivity index (χ0n) is 15.1. The number of phenols is 3. The fraction of sp³-hybridized carbons (Fsp3) is 0.0909. The highest BCUT2D eigenvalue weighted by Crippen LogP contribution is 2.31. The highest BCUT2D eigenvalue weighted by molar-refractivity contribution is 6.05. The van der Waals surface area contributed by atoms with Crippen molar-refractivity contribution in [2.24, 2.45) is 9.98 Å². The van der Waals surface area contributed by atoms with E-state index in [1.54, 1.807) is 31.2 Å². The van der Waals surface area contributed by atoms with Gasteiger partial charge < -0.3 is 15.3 Å². The van der Waals surface area contributed by atoms with Crippen LogP contribution in [0.4, 0.5) is 11.4 Å². The van der Waals surface area contributed by atoms with Crippen LogP contribution in [0.3, 0.4) is 0 Å². The van der Waals surface area contributed by atoms with Crippen molar-refractivity contribution >= 4 is 22.8 Å². The average molecular weight is 360 g/mol. The van der Waals surface area contributed by atoms with Gasteiger partial charge >= 0.3 is 0 Å². The van der Waals surface area contributed by atoms with Crippen LogP contribution < -0.4 is 0 Å². The van der Waals surface area contributed by atoms with Gasteiger partial charge in [-0.1, -0.05) is 24.3 Å². The van der Waals surface area contributed by atoms with Gasteiger partial charge in [0, 0.05) is 28.6 Å². The van der Waals surface area contributed by atoms with Crippen LogP contribution in [-0.4, -0.2) is 26.7 Å². The molecule has 0 aliphatic rings. The van der Waals surface area contributed by atoms with E-state index < -0.39 is 0 Å². The van der Waals surface area contributed by atoms with E-state index in [1.807, 2.05) is 37.3 Å². The van der Waals surface area contributed by atoms with E-state index in [9.17, 15) is 15.3 Å². The normalized spacial score (nSPS) is 12.2. The van der Waals surface area contributed by atoms with Crippen molar-refractivity contribution < 1.29 is 15.3 Å². The predicted octanol–water partition coefficient (Wildman–Crippen LogP) is 5.08. The standard InChI is InChI=1S/C22H20N2O3/c1-14(17-7-3-6-10-21(17)26)23-19-8-4-5-9-20(19)24-15(2)18-12-11-16(25)13-22(18)27/h3-13,25-27H,1-2H3. The van der Waals surface area contributed by atoms with Gasteiger partial charge in [-0.05, 0) is 50.2 Å². The zero-order chi connectivity index (χ0) is 19.4. The average Bonchev–Trinajstić information content (AvgIpc) is 2.63. The molecule has 0 heterocycles.